The van der Waals surface area contributed by atoms with E-state index in [9.17, 15) is 8.42 Å². The smallest absolute Gasteiger partial charge is 0.160 e. The van der Waals surface area contributed by atoms with E-state index in [-0.39, 0.29) is 11.5 Å². The summed E-state index contributed by atoms with van der Waals surface area (Å²) in [7, 11) is -2.98. The fourth-order valence-electron chi connectivity index (χ4n) is 2.76. The van der Waals surface area contributed by atoms with Gasteiger partial charge in [-0.25, -0.2) is 8.42 Å². The number of rotatable bonds is 1. The van der Waals surface area contributed by atoms with Crippen molar-refractivity contribution >= 4 is 15.7 Å². The largest absolute Gasteiger partial charge is 0.382 e. The Morgan fingerprint density at radius 2 is 1.94 bits per heavy atom. The number of nitrogens with zero attached hydrogens (tertiary/aromatic N) is 2. The summed E-state index contributed by atoms with van der Waals surface area (Å²) in [5.74, 6) is 0.590. The fraction of sp³-hybridized carbons (Fsp3) is 0.700. The first-order valence-electron chi connectivity index (χ1n) is 5.63. The molecule has 0 saturated heterocycles. The number of fused-ring (bicyclic) bond motifs is 1. The van der Waals surface area contributed by atoms with E-state index < -0.39 is 9.84 Å². The third-order valence-electron chi connectivity index (χ3n) is 3.54. The van der Waals surface area contributed by atoms with Crippen molar-refractivity contribution in [1.29, 1.82) is 0 Å². The monoisotopic (exact) mass is 241 g/mol. The molecule has 2 aliphatic rings. The van der Waals surface area contributed by atoms with Gasteiger partial charge in [0.2, 0.25) is 0 Å². The molecule has 0 aromatic carbocycles. The summed E-state index contributed by atoms with van der Waals surface area (Å²) in [5, 5.41) is 4.31. The maximum atomic E-state index is 11.6. The van der Waals surface area contributed by atoms with E-state index in [0.717, 1.165) is 24.1 Å². The van der Waals surface area contributed by atoms with Gasteiger partial charge >= 0.3 is 0 Å². The lowest BCUT2D eigenvalue weighted by Crippen LogP contribution is -2.12. The predicted octanol–water partition coefficient (Wildman–Crippen LogP) is 1.01. The average Bonchev–Trinajstić information content (AvgIpc) is 2.84. The van der Waals surface area contributed by atoms with Crippen LogP contribution in [0.3, 0.4) is 0 Å². The second-order valence-corrected chi connectivity index (χ2v) is 6.79. The maximum Gasteiger partial charge on any atom is 0.160 e. The Bertz CT molecular complexity index is 527. The molecule has 0 spiro atoms. The minimum absolute atomic E-state index is 0.0703. The van der Waals surface area contributed by atoms with Gasteiger partial charge in [0, 0.05) is 5.56 Å². The molecule has 6 heteroatoms. The number of hydrogen-bond donors (Lipinski definition) is 1. The van der Waals surface area contributed by atoms with Gasteiger partial charge in [-0.2, -0.15) is 5.10 Å². The van der Waals surface area contributed by atoms with E-state index in [1.165, 1.54) is 12.8 Å². The van der Waals surface area contributed by atoms with Crippen LogP contribution >= 0.6 is 0 Å². The van der Waals surface area contributed by atoms with Gasteiger partial charge in [0.25, 0.3) is 0 Å². The summed E-state index contributed by atoms with van der Waals surface area (Å²) in [6.45, 7) is 0. The highest BCUT2D eigenvalue weighted by Gasteiger charge is 2.34. The molecule has 0 atom stereocenters. The van der Waals surface area contributed by atoms with Crippen molar-refractivity contribution in [3.05, 3.63) is 11.3 Å². The molecule has 0 bridgehead atoms. The highest BCUT2D eigenvalue weighted by Crippen LogP contribution is 2.36. The fourth-order valence-corrected chi connectivity index (χ4v) is 4.34. The lowest BCUT2D eigenvalue weighted by atomic mass is 10.2. The number of sulfone groups is 1. The molecule has 2 heterocycles. The highest BCUT2D eigenvalue weighted by molar-refractivity contribution is 7.90. The Morgan fingerprint density at radius 3 is 2.62 bits per heavy atom. The first-order valence-corrected chi connectivity index (χ1v) is 7.45. The van der Waals surface area contributed by atoms with Crippen molar-refractivity contribution in [2.75, 3.05) is 5.73 Å². The molecular formula is C10H15N3O2S. The van der Waals surface area contributed by atoms with Gasteiger partial charge < -0.3 is 5.73 Å². The topological polar surface area (TPSA) is 78.0 Å². The maximum absolute atomic E-state index is 11.6. The lowest BCUT2D eigenvalue weighted by Gasteiger charge is -2.12. The van der Waals surface area contributed by atoms with Crippen LogP contribution in [0.15, 0.2) is 0 Å². The van der Waals surface area contributed by atoms with Gasteiger partial charge in [0.15, 0.2) is 9.84 Å². The van der Waals surface area contributed by atoms with Crippen LogP contribution < -0.4 is 5.73 Å². The molecule has 1 aliphatic heterocycles. The first-order chi connectivity index (χ1) is 7.57. The normalized spacial score (nSPS) is 23.8. The molecule has 1 fully saturated rings. The first kappa shape index (κ1) is 10.1. The number of hydrogen-bond acceptors (Lipinski definition) is 4. The molecule has 0 amide bonds. The van der Waals surface area contributed by atoms with Crippen molar-refractivity contribution in [3.63, 3.8) is 0 Å². The van der Waals surface area contributed by atoms with Gasteiger partial charge in [0.1, 0.15) is 5.82 Å². The van der Waals surface area contributed by atoms with Crippen LogP contribution in [-0.2, 0) is 21.3 Å². The molecule has 0 unspecified atom stereocenters. The molecule has 1 saturated carbocycles. The molecule has 1 aromatic rings. The Hall–Kier alpha value is -1.04. The molecule has 0 radical (unpaired) electrons. The quantitative estimate of drug-likeness (QED) is 0.796. The SMILES string of the molecule is Nc1nn(C2CCCC2)c2c1CS(=O)(=O)C2. The van der Waals surface area contributed by atoms with Gasteiger partial charge in [-0.05, 0) is 12.8 Å². The Labute approximate surface area is 94.5 Å². The molecule has 1 aliphatic carbocycles. The zero-order valence-corrected chi connectivity index (χ0v) is 9.83. The van der Waals surface area contributed by atoms with Gasteiger partial charge in [-0.3, -0.25) is 4.68 Å². The van der Waals surface area contributed by atoms with E-state index in [0.29, 0.717) is 11.9 Å². The summed E-state index contributed by atoms with van der Waals surface area (Å²) >= 11 is 0. The molecule has 2 N–H and O–H groups in total. The van der Waals surface area contributed by atoms with E-state index >= 15 is 0 Å². The molecule has 5 nitrogen and oxygen atoms in total. The molecule has 88 valence electrons. The summed E-state index contributed by atoms with van der Waals surface area (Å²) in [6, 6.07) is 0.361. The Balaban J connectivity index is 2.06. The minimum atomic E-state index is -2.98. The number of nitrogens with two attached hydrogens (primary N) is 1. The third-order valence-corrected chi connectivity index (χ3v) is 4.98. The Morgan fingerprint density at radius 1 is 1.25 bits per heavy atom. The zero-order chi connectivity index (χ0) is 11.3. The van der Waals surface area contributed by atoms with E-state index in [1.54, 1.807) is 0 Å². The zero-order valence-electron chi connectivity index (χ0n) is 9.02. The third kappa shape index (κ3) is 1.43. The van der Waals surface area contributed by atoms with Crippen LogP contribution in [0.1, 0.15) is 43.0 Å². The van der Waals surface area contributed by atoms with Crippen molar-refractivity contribution in [2.45, 2.75) is 43.2 Å². The van der Waals surface area contributed by atoms with Crippen LogP contribution in [0.25, 0.3) is 0 Å². The van der Waals surface area contributed by atoms with Crippen molar-refractivity contribution < 1.29 is 8.42 Å². The molecule has 3 rings (SSSR count). The average molecular weight is 241 g/mol. The molecule has 16 heavy (non-hydrogen) atoms. The standard InChI is InChI=1S/C10H15N3O2S/c11-10-8-5-16(14,15)6-9(8)13(12-10)7-3-1-2-4-7/h7H,1-6H2,(H2,11,12). The van der Waals surface area contributed by atoms with Crippen molar-refractivity contribution in [3.8, 4) is 0 Å². The predicted molar refractivity (Wildman–Crippen MR) is 60.5 cm³/mol. The summed E-state index contributed by atoms with van der Waals surface area (Å²) in [4.78, 5) is 0. The Kier molecular flexibility index (Phi) is 2.04. The van der Waals surface area contributed by atoms with Crippen LogP contribution in [0.4, 0.5) is 5.82 Å². The van der Waals surface area contributed by atoms with Gasteiger partial charge in [-0.1, -0.05) is 12.8 Å². The van der Waals surface area contributed by atoms with E-state index in [1.807, 2.05) is 4.68 Å². The molecular weight excluding hydrogens is 226 g/mol. The second kappa shape index (κ2) is 3.23. The second-order valence-electron chi connectivity index (χ2n) is 4.73. The van der Waals surface area contributed by atoms with Gasteiger partial charge in [-0.15, -0.1) is 0 Å². The van der Waals surface area contributed by atoms with Crippen LogP contribution in [0.2, 0.25) is 0 Å². The van der Waals surface area contributed by atoms with Crippen molar-refractivity contribution in [2.24, 2.45) is 0 Å². The summed E-state index contributed by atoms with van der Waals surface area (Å²) < 4.78 is 25.0. The lowest BCUT2D eigenvalue weighted by molar-refractivity contribution is 0.456. The van der Waals surface area contributed by atoms with E-state index in [4.69, 9.17) is 5.73 Å². The highest BCUT2D eigenvalue weighted by atomic mass is 32.2. The molecule has 1 aromatic heterocycles. The van der Waals surface area contributed by atoms with Crippen LogP contribution in [-0.4, -0.2) is 18.2 Å². The minimum Gasteiger partial charge on any atom is -0.382 e. The number of aromatic nitrogens is 2. The number of anilines is 1. The van der Waals surface area contributed by atoms with Crippen LogP contribution in [0, 0.1) is 0 Å². The van der Waals surface area contributed by atoms with Gasteiger partial charge in [0.05, 0.1) is 23.2 Å². The van der Waals surface area contributed by atoms with Crippen molar-refractivity contribution in [1.82, 2.24) is 9.78 Å². The summed E-state index contributed by atoms with van der Waals surface area (Å²) in [6.07, 6.45) is 4.58. The number of nitrogen functional groups attached to an aromatic ring is 1. The summed E-state index contributed by atoms with van der Waals surface area (Å²) in [5.41, 5.74) is 7.36. The van der Waals surface area contributed by atoms with Crippen LogP contribution in [0.5, 0.6) is 0 Å². The van der Waals surface area contributed by atoms with E-state index in [2.05, 4.69) is 5.10 Å².